The Kier molecular flexibility index (Phi) is 6.30. The largest absolute Gasteiger partial charge is 0.352 e. The van der Waals surface area contributed by atoms with Gasteiger partial charge in [0.25, 0.3) is 0 Å². The van der Waals surface area contributed by atoms with Crippen LogP contribution in [0.25, 0.3) is 16.7 Å². The van der Waals surface area contributed by atoms with Gasteiger partial charge in [0.1, 0.15) is 0 Å². The predicted octanol–water partition coefficient (Wildman–Crippen LogP) is 6.20. The van der Waals surface area contributed by atoms with Gasteiger partial charge in [0.15, 0.2) is 30.3 Å². The number of allylic oxidation sites excluding steroid dienone is 3. The molecule has 164 valence electrons. The van der Waals surface area contributed by atoms with E-state index in [1.54, 1.807) is 56.3 Å². The lowest BCUT2D eigenvalue weighted by Gasteiger charge is -2.33. The Hall–Kier alpha value is -2.44. The molecule has 2 nitrogen and oxygen atoms in total. The van der Waals surface area contributed by atoms with Crippen molar-refractivity contribution in [3.8, 4) is 11.1 Å². The number of hydrogen-bond acceptors (Lipinski definition) is 2. The average Bonchev–Trinajstić information content (AvgIpc) is 2.78. The van der Waals surface area contributed by atoms with Crippen molar-refractivity contribution in [2.75, 3.05) is 13.2 Å². The maximum Gasteiger partial charge on any atom is 0.166 e. The topological polar surface area (TPSA) is 18.5 Å². The molecule has 2 atom stereocenters. The van der Waals surface area contributed by atoms with Gasteiger partial charge in [-0.3, -0.25) is 0 Å². The van der Waals surface area contributed by atoms with E-state index < -0.39 is 24.0 Å². The molecule has 1 aliphatic carbocycles. The van der Waals surface area contributed by atoms with Crippen molar-refractivity contribution in [3.63, 3.8) is 0 Å². The van der Waals surface area contributed by atoms with Crippen LogP contribution in [0, 0.1) is 17.6 Å². The summed E-state index contributed by atoms with van der Waals surface area (Å²) in [7, 11) is 0. The van der Waals surface area contributed by atoms with Crippen LogP contribution < -0.4 is 0 Å². The first kappa shape index (κ1) is 21.8. The molecule has 1 heterocycles. The van der Waals surface area contributed by atoms with E-state index in [1.165, 1.54) is 6.07 Å². The van der Waals surface area contributed by atoms with Crippen LogP contribution in [-0.4, -0.2) is 31.8 Å². The molecule has 6 heteroatoms. The van der Waals surface area contributed by atoms with Crippen LogP contribution >= 0.6 is 0 Å². The van der Waals surface area contributed by atoms with Gasteiger partial charge in [-0.25, -0.2) is 17.6 Å². The summed E-state index contributed by atoms with van der Waals surface area (Å²) in [5.74, 6) is -2.09. The minimum Gasteiger partial charge on any atom is -0.352 e. The minimum absolute atomic E-state index is 0.132. The highest BCUT2D eigenvalue weighted by atomic mass is 19.2. The summed E-state index contributed by atoms with van der Waals surface area (Å²) in [6, 6.07) is 9.46. The van der Waals surface area contributed by atoms with Crippen LogP contribution in [-0.2, 0) is 15.9 Å². The Bertz CT molecular complexity index is 1000. The summed E-state index contributed by atoms with van der Waals surface area (Å²) in [5.41, 5.74) is 1.94. The normalized spacial score (nSPS) is 26.4. The van der Waals surface area contributed by atoms with E-state index in [0.29, 0.717) is 28.7 Å². The summed E-state index contributed by atoms with van der Waals surface area (Å²) in [5, 5.41) is 0. The second kappa shape index (κ2) is 8.97. The fourth-order valence-corrected chi connectivity index (χ4v) is 4.03. The van der Waals surface area contributed by atoms with Crippen molar-refractivity contribution < 1.29 is 27.0 Å². The van der Waals surface area contributed by atoms with Crippen LogP contribution in [0.15, 0.2) is 54.1 Å². The molecule has 2 aliphatic rings. The zero-order chi connectivity index (χ0) is 22.1. The van der Waals surface area contributed by atoms with Crippen molar-refractivity contribution in [2.45, 2.75) is 38.9 Å². The highest BCUT2D eigenvalue weighted by Crippen LogP contribution is 2.37. The molecule has 2 aromatic carbocycles. The smallest absolute Gasteiger partial charge is 0.166 e. The Morgan fingerprint density at radius 3 is 2.13 bits per heavy atom. The van der Waals surface area contributed by atoms with Crippen LogP contribution in [0.4, 0.5) is 17.6 Å². The van der Waals surface area contributed by atoms with Crippen molar-refractivity contribution in [3.05, 3.63) is 76.9 Å². The predicted molar refractivity (Wildman–Crippen MR) is 112 cm³/mol. The summed E-state index contributed by atoms with van der Waals surface area (Å²) in [6.07, 6.45) is -0.413. The van der Waals surface area contributed by atoms with Gasteiger partial charge in [0.2, 0.25) is 0 Å². The summed E-state index contributed by atoms with van der Waals surface area (Å²) < 4.78 is 69.2. The molecular formula is C25H24F4O2. The number of benzene rings is 2. The monoisotopic (exact) mass is 432 g/mol. The molecule has 0 amide bonds. The second-order valence-electron chi connectivity index (χ2n) is 7.85. The van der Waals surface area contributed by atoms with Gasteiger partial charge in [0.05, 0.1) is 13.2 Å². The molecule has 1 fully saturated rings. The van der Waals surface area contributed by atoms with Gasteiger partial charge in [-0.05, 0) is 41.2 Å². The Balaban J connectivity index is 1.58. The molecule has 0 radical (unpaired) electrons. The molecule has 2 aromatic rings. The van der Waals surface area contributed by atoms with Gasteiger partial charge in [-0.1, -0.05) is 55.5 Å². The molecule has 4 rings (SSSR count). The maximum atomic E-state index is 15.0. The van der Waals surface area contributed by atoms with E-state index in [1.807, 2.05) is 0 Å². The highest BCUT2D eigenvalue weighted by molar-refractivity contribution is 5.75. The summed E-state index contributed by atoms with van der Waals surface area (Å²) in [6.45, 7) is 4.09. The third-order valence-electron chi connectivity index (χ3n) is 5.94. The fourth-order valence-electron chi connectivity index (χ4n) is 4.03. The van der Waals surface area contributed by atoms with Crippen molar-refractivity contribution >= 4 is 5.57 Å². The Morgan fingerprint density at radius 2 is 1.48 bits per heavy atom. The quantitative estimate of drug-likeness (QED) is 0.536. The van der Waals surface area contributed by atoms with E-state index in [-0.39, 0.29) is 36.6 Å². The number of alkyl halides is 2. The van der Waals surface area contributed by atoms with Gasteiger partial charge < -0.3 is 9.47 Å². The van der Waals surface area contributed by atoms with Gasteiger partial charge >= 0.3 is 0 Å². The van der Waals surface area contributed by atoms with Crippen molar-refractivity contribution in [2.24, 2.45) is 5.92 Å². The number of halogens is 4. The summed E-state index contributed by atoms with van der Waals surface area (Å²) >= 11 is 0. The Labute approximate surface area is 179 Å². The molecule has 0 saturated carbocycles. The molecule has 2 unspecified atom stereocenters. The second-order valence-corrected chi connectivity index (χ2v) is 7.85. The van der Waals surface area contributed by atoms with E-state index >= 15 is 0 Å². The number of hydrogen-bond donors (Lipinski definition) is 0. The molecule has 0 aromatic heterocycles. The van der Waals surface area contributed by atoms with E-state index in [0.717, 1.165) is 0 Å². The number of aryl methyl sites for hydroxylation is 1. The van der Waals surface area contributed by atoms with E-state index in [9.17, 15) is 17.6 Å². The molecular weight excluding hydrogens is 408 g/mol. The zero-order valence-electron chi connectivity index (χ0n) is 17.4. The molecule has 1 saturated heterocycles. The lowest BCUT2D eigenvalue weighted by molar-refractivity contribution is -0.185. The van der Waals surface area contributed by atoms with Crippen LogP contribution in [0.2, 0.25) is 0 Å². The van der Waals surface area contributed by atoms with Crippen LogP contribution in [0.3, 0.4) is 0 Å². The fraction of sp³-hybridized carbons (Fsp3) is 0.360. The third-order valence-corrected chi connectivity index (χ3v) is 5.94. The molecule has 1 aliphatic heterocycles. The SMILES string of the molecule is CCc1ccc(-c2ccc(C3=CC=C(C4COC(C)OC4)C(F)C3F)cc2)c(F)c1F. The van der Waals surface area contributed by atoms with E-state index in [2.05, 4.69) is 0 Å². The van der Waals surface area contributed by atoms with Gasteiger partial charge in [-0.15, -0.1) is 0 Å². The molecule has 0 N–H and O–H groups in total. The Morgan fingerprint density at radius 1 is 0.839 bits per heavy atom. The minimum atomic E-state index is -1.83. The van der Waals surface area contributed by atoms with Crippen LogP contribution in [0.5, 0.6) is 0 Å². The number of rotatable bonds is 4. The lowest BCUT2D eigenvalue weighted by Crippen LogP contribution is -2.36. The van der Waals surface area contributed by atoms with Crippen LogP contribution in [0.1, 0.15) is 25.0 Å². The van der Waals surface area contributed by atoms with Crippen molar-refractivity contribution in [1.29, 1.82) is 0 Å². The first-order valence-electron chi connectivity index (χ1n) is 10.4. The lowest BCUT2D eigenvalue weighted by atomic mass is 9.84. The van der Waals surface area contributed by atoms with Gasteiger partial charge in [0, 0.05) is 11.5 Å². The highest BCUT2D eigenvalue weighted by Gasteiger charge is 2.36. The van der Waals surface area contributed by atoms with Gasteiger partial charge in [-0.2, -0.15) is 0 Å². The van der Waals surface area contributed by atoms with E-state index in [4.69, 9.17) is 9.47 Å². The first-order chi connectivity index (χ1) is 14.9. The van der Waals surface area contributed by atoms with Crippen molar-refractivity contribution in [1.82, 2.24) is 0 Å². The standard InChI is InChI=1S/C25H24F4O2/c1-3-15-8-9-19(23(27)22(15)26)16-4-6-17(7-5-16)20-10-11-21(25(29)24(20)28)18-12-30-14(2)31-13-18/h4-11,14,18,24-25H,3,12-13H2,1-2H3. The molecule has 0 spiro atoms. The molecule has 0 bridgehead atoms. The average molecular weight is 432 g/mol. The zero-order valence-corrected chi connectivity index (χ0v) is 17.4. The number of ether oxygens (including phenoxy) is 2. The molecule has 31 heavy (non-hydrogen) atoms. The first-order valence-corrected chi connectivity index (χ1v) is 10.4. The summed E-state index contributed by atoms with van der Waals surface area (Å²) in [4.78, 5) is 0. The maximum absolute atomic E-state index is 15.0. The third kappa shape index (κ3) is 4.19.